The van der Waals surface area contributed by atoms with Crippen LogP contribution in [-0.2, 0) is 15.6 Å². The lowest BCUT2D eigenvalue weighted by Crippen LogP contribution is -2.35. The smallest absolute Gasteiger partial charge is 0.251 e. The zero-order chi connectivity index (χ0) is 16.7. The second-order valence-corrected chi connectivity index (χ2v) is 8.42. The summed E-state index contributed by atoms with van der Waals surface area (Å²) >= 11 is 0. The number of sulfone groups is 1. The number of likely N-dealkylation sites (tertiary alicyclic amines) is 1. The van der Waals surface area contributed by atoms with Crippen LogP contribution in [0.1, 0.15) is 41.6 Å². The van der Waals surface area contributed by atoms with Crippen molar-refractivity contribution in [2.45, 2.75) is 31.4 Å². The molecule has 1 fully saturated rings. The van der Waals surface area contributed by atoms with Gasteiger partial charge in [-0.3, -0.25) is 4.79 Å². The van der Waals surface area contributed by atoms with Gasteiger partial charge in [0.15, 0.2) is 9.84 Å². The monoisotopic (exact) mass is 338 g/mol. The van der Waals surface area contributed by atoms with Crippen LogP contribution in [0.5, 0.6) is 0 Å². The van der Waals surface area contributed by atoms with E-state index in [4.69, 9.17) is 0 Å². The van der Waals surface area contributed by atoms with Gasteiger partial charge in [-0.05, 0) is 43.6 Å². The standard InChI is InChI=1S/C17H26N2O3S/c1-23(21,22)14-15-6-8-16(9-7-15)17(20)18-10-13-19-11-4-2-3-5-12-19/h6-9H,2-5,10-14H2,1H3,(H,18,20). The fourth-order valence-corrected chi connectivity index (χ4v) is 3.64. The van der Waals surface area contributed by atoms with E-state index in [0.29, 0.717) is 17.7 Å². The average molecular weight is 338 g/mol. The van der Waals surface area contributed by atoms with Crippen molar-refractivity contribution in [3.63, 3.8) is 0 Å². The van der Waals surface area contributed by atoms with E-state index < -0.39 is 9.84 Å². The number of nitrogens with one attached hydrogen (secondary N) is 1. The number of nitrogens with zero attached hydrogens (tertiary/aromatic N) is 1. The highest BCUT2D eigenvalue weighted by molar-refractivity contribution is 7.89. The SMILES string of the molecule is CS(=O)(=O)Cc1ccc(C(=O)NCCN2CCCCCC2)cc1. The number of carbonyl (C=O) groups is 1. The molecule has 0 saturated carbocycles. The number of hydrogen-bond donors (Lipinski definition) is 1. The van der Waals surface area contributed by atoms with E-state index >= 15 is 0 Å². The quantitative estimate of drug-likeness (QED) is 0.859. The van der Waals surface area contributed by atoms with Gasteiger partial charge in [-0.1, -0.05) is 25.0 Å². The van der Waals surface area contributed by atoms with Crippen LogP contribution in [0.3, 0.4) is 0 Å². The highest BCUT2D eigenvalue weighted by Crippen LogP contribution is 2.09. The Morgan fingerprint density at radius 3 is 2.26 bits per heavy atom. The molecule has 1 aliphatic rings. The van der Waals surface area contributed by atoms with Crippen molar-refractivity contribution in [2.24, 2.45) is 0 Å². The minimum Gasteiger partial charge on any atom is -0.351 e. The lowest BCUT2D eigenvalue weighted by Gasteiger charge is -2.19. The van der Waals surface area contributed by atoms with Gasteiger partial charge in [0.2, 0.25) is 0 Å². The summed E-state index contributed by atoms with van der Waals surface area (Å²) < 4.78 is 22.5. The van der Waals surface area contributed by atoms with E-state index in [1.54, 1.807) is 24.3 Å². The van der Waals surface area contributed by atoms with Gasteiger partial charge in [0.1, 0.15) is 0 Å². The van der Waals surface area contributed by atoms with Crippen molar-refractivity contribution in [3.05, 3.63) is 35.4 Å². The summed E-state index contributed by atoms with van der Waals surface area (Å²) in [7, 11) is -3.05. The summed E-state index contributed by atoms with van der Waals surface area (Å²) in [6.45, 7) is 3.77. The summed E-state index contributed by atoms with van der Waals surface area (Å²) in [5.41, 5.74) is 1.27. The molecular weight excluding hydrogens is 312 g/mol. The molecule has 1 amide bonds. The molecule has 1 N–H and O–H groups in total. The van der Waals surface area contributed by atoms with E-state index in [-0.39, 0.29) is 11.7 Å². The Labute approximate surface area is 139 Å². The summed E-state index contributed by atoms with van der Waals surface area (Å²) in [5.74, 6) is -0.102. The molecule has 1 saturated heterocycles. The lowest BCUT2D eigenvalue weighted by molar-refractivity contribution is 0.0948. The number of amides is 1. The van der Waals surface area contributed by atoms with Gasteiger partial charge in [-0.25, -0.2) is 8.42 Å². The maximum absolute atomic E-state index is 12.1. The first-order valence-corrected chi connectivity index (χ1v) is 10.3. The molecule has 1 heterocycles. The summed E-state index contributed by atoms with van der Waals surface area (Å²) in [6.07, 6.45) is 6.31. The Kier molecular flexibility index (Phi) is 6.59. The van der Waals surface area contributed by atoms with Crippen LogP contribution in [0, 0.1) is 0 Å². The summed E-state index contributed by atoms with van der Waals surface area (Å²) in [4.78, 5) is 14.5. The maximum Gasteiger partial charge on any atom is 0.251 e. The minimum absolute atomic E-state index is 0.00383. The number of benzene rings is 1. The Balaban J connectivity index is 1.78. The Bertz CT molecular complexity index is 603. The molecule has 5 nitrogen and oxygen atoms in total. The van der Waals surface area contributed by atoms with Crippen LogP contribution in [0.15, 0.2) is 24.3 Å². The molecule has 0 atom stereocenters. The number of rotatable bonds is 6. The van der Waals surface area contributed by atoms with Crippen molar-refractivity contribution < 1.29 is 13.2 Å². The number of carbonyl (C=O) groups excluding carboxylic acids is 1. The van der Waals surface area contributed by atoms with Crippen LogP contribution in [0.25, 0.3) is 0 Å². The third kappa shape index (κ3) is 6.71. The highest BCUT2D eigenvalue weighted by atomic mass is 32.2. The largest absolute Gasteiger partial charge is 0.351 e. The third-order valence-electron chi connectivity index (χ3n) is 4.06. The first-order chi connectivity index (χ1) is 10.9. The molecule has 0 unspecified atom stereocenters. The molecule has 2 rings (SSSR count). The van der Waals surface area contributed by atoms with E-state index in [1.165, 1.54) is 31.9 Å². The molecular formula is C17H26N2O3S. The number of hydrogen-bond acceptors (Lipinski definition) is 4. The summed E-state index contributed by atoms with van der Waals surface area (Å²) in [5, 5.41) is 2.94. The fraction of sp³-hybridized carbons (Fsp3) is 0.588. The van der Waals surface area contributed by atoms with Gasteiger partial charge in [0.25, 0.3) is 5.91 Å². The van der Waals surface area contributed by atoms with Crippen molar-refractivity contribution in [1.82, 2.24) is 10.2 Å². The molecule has 0 aromatic heterocycles. The maximum atomic E-state index is 12.1. The third-order valence-corrected chi connectivity index (χ3v) is 4.91. The van der Waals surface area contributed by atoms with Gasteiger partial charge in [0, 0.05) is 24.9 Å². The van der Waals surface area contributed by atoms with Gasteiger partial charge in [-0.2, -0.15) is 0 Å². The fourth-order valence-electron chi connectivity index (χ4n) is 2.84. The molecule has 23 heavy (non-hydrogen) atoms. The molecule has 1 aliphatic heterocycles. The lowest BCUT2D eigenvalue weighted by atomic mass is 10.1. The van der Waals surface area contributed by atoms with E-state index in [0.717, 1.165) is 19.6 Å². The van der Waals surface area contributed by atoms with Crippen LogP contribution in [0.4, 0.5) is 0 Å². The van der Waals surface area contributed by atoms with E-state index in [9.17, 15) is 13.2 Å². The highest BCUT2D eigenvalue weighted by Gasteiger charge is 2.10. The second-order valence-electron chi connectivity index (χ2n) is 6.28. The molecule has 0 bridgehead atoms. The van der Waals surface area contributed by atoms with Gasteiger partial charge < -0.3 is 10.2 Å². The zero-order valence-corrected chi connectivity index (χ0v) is 14.6. The summed E-state index contributed by atoms with van der Waals surface area (Å²) in [6, 6.07) is 6.76. The molecule has 0 spiro atoms. The molecule has 128 valence electrons. The van der Waals surface area contributed by atoms with Crippen LogP contribution >= 0.6 is 0 Å². The predicted molar refractivity (Wildman–Crippen MR) is 92.2 cm³/mol. The molecule has 0 aliphatic carbocycles. The minimum atomic E-state index is -3.05. The molecule has 6 heteroatoms. The predicted octanol–water partition coefficient (Wildman–Crippen LogP) is 1.84. The van der Waals surface area contributed by atoms with Gasteiger partial charge in [0.05, 0.1) is 5.75 Å². The van der Waals surface area contributed by atoms with Crippen LogP contribution in [0.2, 0.25) is 0 Å². The van der Waals surface area contributed by atoms with Gasteiger partial charge >= 0.3 is 0 Å². The van der Waals surface area contributed by atoms with E-state index in [1.807, 2.05) is 0 Å². The first-order valence-electron chi connectivity index (χ1n) is 8.21. The van der Waals surface area contributed by atoms with Crippen LogP contribution in [-0.4, -0.2) is 51.7 Å². The normalized spacial score (nSPS) is 16.7. The zero-order valence-electron chi connectivity index (χ0n) is 13.8. The van der Waals surface area contributed by atoms with Crippen molar-refractivity contribution in [1.29, 1.82) is 0 Å². The first kappa shape index (κ1) is 17.9. The Morgan fingerprint density at radius 2 is 1.70 bits per heavy atom. The van der Waals surface area contributed by atoms with Crippen molar-refractivity contribution in [3.8, 4) is 0 Å². The topological polar surface area (TPSA) is 66.5 Å². The average Bonchev–Trinajstić information content (AvgIpc) is 2.75. The van der Waals surface area contributed by atoms with Crippen molar-refractivity contribution in [2.75, 3.05) is 32.4 Å². The molecule has 1 aromatic rings. The van der Waals surface area contributed by atoms with E-state index in [2.05, 4.69) is 10.2 Å². The molecule has 1 aromatic carbocycles. The second kappa shape index (κ2) is 8.45. The van der Waals surface area contributed by atoms with Crippen LogP contribution < -0.4 is 5.32 Å². The van der Waals surface area contributed by atoms with Crippen molar-refractivity contribution >= 4 is 15.7 Å². The molecule has 0 radical (unpaired) electrons. The Morgan fingerprint density at radius 1 is 1.09 bits per heavy atom. The Hall–Kier alpha value is -1.40. The van der Waals surface area contributed by atoms with Gasteiger partial charge in [-0.15, -0.1) is 0 Å².